The lowest BCUT2D eigenvalue weighted by Crippen LogP contribution is -2.59. The van der Waals surface area contributed by atoms with E-state index in [-0.39, 0.29) is 23.3 Å². The topological polar surface area (TPSA) is 121 Å². The van der Waals surface area contributed by atoms with Crippen molar-refractivity contribution in [3.8, 4) is 0 Å². The van der Waals surface area contributed by atoms with Gasteiger partial charge in [0.25, 0.3) is 3.79 Å². The minimum absolute atomic E-state index is 0.161. The molecule has 0 unspecified atom stereocenters. The monoisotopic (exact) mass is 605 g/mol. The Kier molecular flexibility index (Phi) is 9.65. The van der Waals surface area contributed by atoms with Crippen LogP contribution in [0.1, 0.15) is 31.1 Å². The Labute approximate surface area is 244 Å². The summed E-state index contributed by atoms with van der Waals surface area (Å²) in [6.07, 6.45) is -5.84. The third-order valence-electron chi connectivity index (χ3n) is 5.65. The molecule has 0 aliphatic carbocycles. The van der Waals surface area contributed by atoms with Crippen LogP contribution in [0, 0.1) is 5.41 Å². The molecule has 1 fully saturated rings. The van der Waals surface area contributed by atoms with Crippen LogP contribution in [0.25, 0.3) is 0 Å². The minimum Gasteiger partial charge on any atom is -0.452 e. The Morgan fingerprint density at radius 1 is 0.650 bits per heavy atom. The molecule has 12 heteroatoms. The first-order valence-electron chi connectivity index (χ1n) is 11.9. The van der Waals surface area contributed by atoms with Gasteiger partial charge in [-0.3, -0.25) is 5.41 Å². The summed E-state index contributed by atoms with van der Waals surface area (Å²) in [5.41, 5.74) is 0.570. The van der Waals surface area contributed by atoms with Crippen LogP contribution in [0.15, 0.2) is 91.0 Å². The highest BCUT2D eigenvalue weighted by Crippen LogP contribution is 2.32. The number of benzene rings is 3. The smallest absolute Gasteiger partial charge is 0.338 e. The van der Waals surface area contributed by atoms with Gasteiger partial charge in [-0.2, -0.15) is 0 Å². The van der Waals surface area contributed by atoms with Crippen molar-refractivity contribution in [2.24, 2.45) is 0 Å². The maximum Gasteiger partial charge on any atom is 0.338 e. The zero-order valence-corrected chi connectivity index (χ0v) is 22.8. The molecule has 1 aliphatic rings. The normalized spacial score (nSPS) is 20.6. The second kappa shape index (κ2) is 13.1. The predicted octanol–water partition coefficient (Wildman–Crippen LogP) is 5.38. The van der Waals surface area contributed by atoms with Gasteiger partial charge in [-0.15, -0.1) is 0 Å². The van der Waals surface area contributed by atoms with Gasteiger partial charge in [-0.25, -0.2) is 14.4 Å². The summed E-state index contributed by atoms with van der Waals surface area (Å²) >= 11 is 17.3. The average molecular weight is 607 g/mol. The van der Waals surface area contributed by atoms with Crippen LogP contribution in [-0.4, -0.2) is 58.8 Å². The van der Waals surface area contributed by atoms with Gasteiger partial charge in [0.2, 0.25) is 18.3 Å². The third-order valence-corrected chi connectivity index (χ3v) is 6.16. The van der Waals surface area contributed by atoms with Crippen molar-refractivity contribution in [2.75, 3.05) is 6.61 Å². The molecule has 0 radical (unpaired) electrons. The first kappa shape index (κ1) is 29.4. The van der Waals surface area contributed by atoms with Crippen LogP contribution in [0.2, 0.25) is 0 Å². The average Bonchev–Trinajstić information content (AvgIpc) is 2.96. The number of halogens is 3. The van der Waals surface area contributed by atoms with Crippen molar-refractivity contribution in [3.63, 3.8) is 0 Å². The number of nitrogens with one attached hydrogen (secondary N) is 1. The van der Waals surface area contributed by atoms with Crippen molar-refractivity contribution in [3.05, 3.63) is 108 Å². The largest absolute Gasteiger partial charge is 0.452 e. The molecular formula is C28H22Cl3NO8. The van der Waals surface area contributed by atoms with Gasteiger partial charge in [0.15, 0.2) is 12.2 Å². The molecule has 1 saturated heterocycles. The summed E-state index contributed by atoms with van der Waals surface area (Å²) in [7, 11) is 0. The molecule has 0 saturated carbocycles. The van der Waals surface area contributed by atoms with Crippen LogP contribution in [0.5, 0.6) is 0 Å². The lowest BCUT2D eigenvalue weighted by Gasteiger charge is -2.40. The Balaban J connectivity index is 1.68. The molecule has 208 valence electrons. The van der Waals surface area contributed by atoms with Gasteiger partial charge in [0, 0.05) is 0 Å². The summed E-state index contributed by atoms with van der Waals surface area (Å²) < 4.78 is 25.9. The van der Waals surface area contributed by atoms with Gasteiger partial charge in [-0.05, 0) is 36.4 Å². The van der Waals surface area contributed by atoms with Gasteiger partial charge in [0.05, 0.1) is 23.3 Å². The molecule has 40 heavy (non-hydrogen) atoms. The van der Waals surface area contributed by atoms with E-state index in [4.69, 9.17) is 63.9 Å². The fourth-order valence-electron chi connectivity index (χ4n) is 3.71. The molecule has 1 heterocycles. The fourth-order valence-corrected chi connectivity index (χ4v) is 3.84. The van der Waals surface area contributed by atoms with E-state index in [0.717, 1.165) is 0 Å². The van der Waals surface area contributed by atoms with Crippen molar-refractivity contribution in [2.45, 2.75) is 28.4 Å². The number of esters is 3. The number of ether oxygens (including phenoxy) is 5. The van der Waals surface area contributed by atoms with Crippen LogP contribution in [-0.2, 0) is 23.7 Å². The molecule has 9 nitrogen and oxygen atoms in total. The Morgan fingerprint density at radius 3 is 1.48 bits per heavy atom. The Hall–Kier alpha value is -3.63. The number of carbonyl (C=O) groups is 3. The van der Waals surface area contributed by atoms with Gasteiger partial charge in [0.1, 0.15) is 0 Å². The highest BCUT2D eigenvalue weighted by atomic mass is 35.6. The molecule has 0 spiro atoms. The second-order valence-corrected chi connectivity index (χ2v) is 10.7. The van der Waals surface area contributed by atoms with E-state index in [0.29, 0.717) is 0 Å². The number of alkyl halides is 3. The van der Waals surface area contributed by atoms with E-state index in [1.165, 1.54) is 36.4 Å². The van der Waals surface area contributed by atoms with Crippen molar-refractivity contribution in [1.29, 1.82) is 5.41 Å². The highest BCUT2D eigenvalue weighted by Gasteiger charge is 2.50. The maximum atomic E-state index is 13.1. The van der Waals surface area contributed by atoms with E-state index in [9.17, 15) is 14.4 Å². The standard InChI is InChI=1S/C28H22Cl3NO8/c29-28(30,31)27(32)40-26-22(39-25(35)19-14-8-3-9-15-19)21(38-24(34)18-12-6-2-7-13-18)20(16-36-26)37-23(33)17-10-4-1-5-11-17/h1-15,20-22,26,32H,16H2/t20-,21+,22-,26-/m0/s1. The van der Waals surface area contributed by atoms with E-state index in [1.807, 2.05) is 0 Å². The predicted molar refractivity (Wildman–Crippen MR) is 146 cm³/mol. The van der Waals surface area contributed by atoms with Crippen molar-refractivity contribution in [1.82, 2.24) is 0 Å². The second-order valence-electron chi connectivity index (χ2n) is 8.43. The summed E-state index contributed by atoms with van der Waals surface area (Å²) in [4.78, 5) is 39.1. The fraction of sp³-hybridized carbons (Fsp3) is 0.214. The van der Waals surface area contributed by atoms with Crippen LogP contribution in [0.4, 0.5) is 0 Å². The van der Waals surface area contributed by atoms with E-state index in [1.54, 1.807) is 54.6 Å². The van der Waals surface area contributed by atoms with Crippen LogP contribution >= 0.6 is 34.8 Å². The lowest BCUT2D eigenvalue weighted by molar-refractivity contribution is -0.245. The molecule has 4 rings (SSSR count). The SMILES string of the molecule is N=C(O[C@@H]1OC[C@H](OC(=O)c2ccccc2)[C@@H](OC(=O)c2ccccc2)[C@@H]1OC(=O)c1ccccc1)C(Cl)(Cl)Cl. The lowest BCUT2D eigenvalue weighted by atomic mass is 10.0. The number of carbonyl (C=O) groups excluding carboxylic acids is 3. The summed E-state index contributed by atoms with van der Waals surface area (Å²) in [6, 6.07) is 24.1. The molecular weight excluding hydrogens is 585 g/mol. The number of hydrogen-bond acceptors (Lipinski definition) is 9. The number of hydrogen-bond donors (Lipinski definition) is 1. The van der Waals surface area contributed by atoms with Gasteiger partial charge < -0.3 is 23.7 Å². The first-order chi connectivity index (χ1) is 19.1. The van der Waals surface area contributed by atoms with Crippen molar-refractivity contribution < 1.29 is 38.1 Å². The summed E-state index contributed by atoms with van der Waals surface area (Å²) in [5.74, 6) is -3.21. The zero-order valence-electron chi connectivity index (χ0n) is 20.6. The summed E-state index contributed by atoms with van der Waals surface area (Å²) in [6.45, 7) is -0.373. The first-order valence-corrected chi connectivity index (χ1v) is 13.0. The minimum atomic E-state index is -2.27. The van der Waals surface area contributed by atoms with Gasteiger partial charge >= 0.3 is 17.9 Å². The van der Waals surface area contributed by atoms with E-state index >= 15 is 0 Å². The number of rotatable bonds is 7. The third kappa shape index (κ3) is 7.51. The van der Waals surface area contributed by atoms with Crippen LogP contribution in [0.3, 0.4) is 0 Å². The Bertz CT molecular complexity index is 1340. The molecule has 0 amide bonds. The molecule has 1 aliphatic heterocycles. The maximum absolute atomic E-state index is 13.1. The highest BCUT2D eigenvalue weighted by molar-refractivity contribution is 6.76. The van der Waals surface area contributed by atoms with E-state index < -0.39 is 52.2 Å². The van der Waals surface area contributed by atoms with Crippen molar-refractivity contribution >= 4 is 58.6 Å². The zero-order chi connectivity index (χ0) is 28.7. The molecule has 0 bridgehead atoms. The summed E-state index contributed by atoms with van der Waals surface area (Å²) in [5, 5.41) is 8.00. The molecule has 3 aromatic carbocycles. The molecule has 0 aromatic heterocycles. The molecule has 3 aromatic rings. The quantitative estimate of drug-likeness (QED) is 0.125. The molecule has 1 N–H and O–H groups in total. The molecule has 4 atom stereocenters. The Morgan fingerprint density at radius 2 is 1.05 bits per heavy atom. The van der Waals surface area contributed by atoms with Gasteiger partial charge in [-0.1, -0.05) is 89.4 Å². The van der Waals surface area contributed by atoms with Crippen LogP contribution < -0.4 is 0 Å². The van der Waals surface area contributed by atoms with E-state index in [2.05, 4.69) is 0 Å².